The zero-order chi connectivity index (χ0) is 16.2. The van der Waals surface area contributed by atoms with E-state index in [-0.39, 0.29) is 5.91 Å². The third kappa shape index (κ3) is 3.26. The largest absolute Gasteiger partial charge is 0.481 e. The van der Waals surface area contributed by atoms with Crippen molar-refractivity contribution in [2.45, 2.75) is 6.92 Å². The lowest BCUT2D eigenvalue weighted by Crippen LogP contribution is -2.49. The van der Waals surface area contributed by atoms with Crippen molar-refractivity contribution in [3.63, 3.8) is 0 Å². The Kier molecular flexibility index (Phi) is 4.41. The van der Waals surface area contributed by atoms with Gasteiger partial charge in [0.2, 0.25) is 11.8 Å². The molecule has 23 heavy (non-hydrogen) atoms. The Morgan fingerprint density at radius 2 is 1.87 bits per heavy atom. The van der Waals surface area contributed by atoms with Crippen molar-refractivity contribution in [3.05, 3.63) is 47.7 Å². The minimum atomic E-state index is 0.0920. The van der Waals surface area contributed by atoms with Gasteiger partial charge in [-0.05, 0) is 18.6 Å². The molecule has 6 nitrogen and oxygen atoms in total. The van der Waals surface area contributed by atoms with Crippen LogP contribution in [0, 0.1) is 6.92 Å². The summed E-state index contributed by atoms with van der Waals surface area (Å²) in [6.07, 6.45) is 1.69. The summed E-state index contributed by atoms with van der Waals surface area (Å²) < 4.78 is 5.13. The molecular weight excluding hydrogens is 292 g/mol. The van der Waals surface area contributed by atoms with Gasteiger partial charge in [0.1, 0.15) is 0 Å². The van der Waals surface area contributed by atoms with Crippen LogP contribution in [0.25, 0.3) is 0 Å². The lowest BCUT2D eigenvalue weighted by molar-refractivity contribution is 0.0745. The third-order valence-electron chi connectivity index (χ3n) is 4.05. The highest BCUT2D eigenvalue weighted by molar-refractivity contribution is 5.95. The van der Waals surface area contributed by atoms with Crippen LogP contribution in [-0.4, -0.2) is 54.1 Å². The number of hydrogen-bond donors (Lipinski definition) is 0. The lowest BCUT2D eigenvalue weighted by atomic mass is 10.1. The molecule has 2 heterocycles. The quantitative estimate of drug-likeness (QED) is 0.864. The van der Waals surface area contributed by atoms with E-state index in [1.807, 2.05) is 36.1 Å². The molecular formula is C17H20N4O2. The fourth-order valence-electron chi connectivity index (χ4n) is 2.69. The number of ether oxygens (including phenoxy) is 1. The van der Waals surface area contributed by atoms with Gasteiger partial charge in [0.05, 0.1) is 7.11 Å². The first-order chi connectivity index (χ1) is 11.2. The zero-order valence-electron chi connectivity index (χ0n) is 13.4. The molecule has 1 aliphatic heterocycles. The van der Waals surface area contributed by atoms with E-state index in [4.69, 9.17) is 4.74 Å². The molecule has 1 fully saturated rings. The molecule has 0 unspecified atom stereocenters. The minimum Gasteiger partial charge on any atom is -0.481 e. The summed E-state index contributed by atoms with van der Waals surface area (Å²) in [5, 5.41) is 0. The molecule has 1 aromatic heterocycles. The van der Waals surface area contributed by atoms with E-state index < -0.39 is 0 Å². The lowest BCUT2D eigenvalue weighted by Gasteiger charge is -2.35. The highest BCUT2D eigenvalue weighted by Gasteiger charge is 2.24. The molecule has 0 N–H and O–H groups in total. The Labute approximate surface area is 135 Å². The number of rotatable bonds is 3. The number of methoxy groups -OCH3 is 1. The van der Waals surface area contributed by atoms with Gasteiger partial charge in [0.15, 0.2) is 0 Å². The van der Waals surface area contributed by atoms with Gasteiger partial charge >= 0.3 is 0 Å². The van der Waals surface area contributed by atoms with Crippen LogP contribution >= 0.6 is 0 Å². The van der Waals surface area contributed by atoms with E-state index in [2.05, 4.69) is 14.9 Å². The Morgan fingerprint density at radius 3 is 2.57 bits per heavy atom. The molecule has 0 spiro atoms. The van der Waals surface area contributed by atoms with Gasteiger partial charge in [-0.3, -0.25) is 4.79 Å². The molecule has 3 rings (SSSR count). The molecule has 1 amide bonds. The topological polar surface area (TPSA) is 58.6 Å². The summed E-state index contributed by atoms with van der Waals surface area (Å²) >= 11 is 0. The van der Waals surface area contributed by atoms with Gasteiger partial charge in [-0.15, -0.1) is 0 Å². The minimum absolute atomic E-state index is 0.0920. The number of anilines is 1. The van der Waals surface area contributed by atoms with Crippen LogP contribution in [0.3, 0.4) is 0 Å². The maximum absolute atomic E-state index is 12.6. The van der Waals surface area contributed by atoms with Crippen molar-refractivity contribution in [2.75, 3.05) is 38.2 Å². The van der Waals surface area contributed by atoms with Gasteiger partial charge in [0, 0.05) is 44.0 Å². The van der Waals surface area contributed by atoms with Crippen LogP contribution in [0.1, 0.15) is 15.9 Å². The number of nitrogens with zero attached hydrogens (tertiary/aromatic N) is 4. The SMILES string of the molecule is COc1ccnc(N2CCN(C(=O)c3ccccc3C)CC2)n1. The average Bonchev–Trinajstić information content (AvgIpc) is 2.62. The van der Waals surface area contributed by atoms with E-state index in [9.17, 15) is 4.79 Å². The van der Waals surface area contributed by atoms with Crippen molar-refractivity contribution >= 4 is 11.9 Å². The zero-order valence-corrected chi connectivity index (χ0v) is 13.4. The molecule has 0 atom stereocenters. The van der Waals surface area contributed by atoms with Crippen LogP contribution in [-0.2, 0) is 0 Å². The van der Waals surface area contributed by atoms with E-state index in [1.54, 1.807) is 19.4 Å². The van der Waals surface area contributed by atoms with E-state index >= 15 is 0 Å². The summed E-state index contributed by atoms with van der Waals surface area (Å²) in [6.45, 7) is 4.71. The maximum Gasteiger partial charge on any atom is 0.254 e. The molecule has 120 valence electrons. The van der Waals surface area contributed by atoms with Crippen LogP contribution in [0.5, 0.6) is 5.88 Å². The fraction of sp³-hybridized carbons (Fsp3) is 0.353. The Hall–Kier alpha value is -2.63. The van der Waals surface area contributed by atoms with Crippen molar-refractivity contribution < 1.29 is 9.53 Å². The van der Waals surface area contributed by atoms with Crippen LogP contribution in [0.15, 0.2) is 36.5 Å². The number of carbonyl (C=O) groups excluding carboxylic acids is 1. The Balaban J connectivity index is 1.66. The fourth-order valence-corrected chi connectivity index (χ4v) is 2.69. The first-order valence-corrected chi connectivity index (χ1v) is 7.66. The van der Waals surface area contributed by atoms with Gasteiger partial charge in [-0.2, -0.15) is 4.98 Å². The standard InChI is InChI=1S/C17H20N4O2/c1-13-5-3-4-6-14(13)16(22)20-9-11-21(12-10-20)17-18-8-7-15(19-17)23-2/h3-8H,9-12H2,1-2H3. The smallest absolute Gasteiger partial charge is 0.254 e. The highest BCUT2D eigenvalue weighted by atomic mass is 16.5. The predicted molar refractivity (Wildman–Crippen MR) is 87.9 cm³/mol. The van der Waals surface area contributed by atoms with Crippen LogP contribution in [0.2, 0.25) is 0 Å². The number of aromatic nitrogens is 2. The number of amides is 1. The molecule has 1 aliphatic rings. The molecule has 2 aromatic rings. The van der Waals surface area contributed by atoms with Crippen molar-refractivity contribution in [1.29, 1.82) is 0 Å². The number of hydrogen-bond acceptors (Lipinski definition) is 5. The first kappa shape index (κ1) is 15.3. The number of carbonyl (C=O) groups is 1. The van der Waals surface area contributed by atoms with Gasteiger partial charge < -0.3 is 14.5 Å². The summed E-state index contributed by atoms with van der Waals surface area (Å²) in [4.78, 5) is 25.2. The monoisotopic (exact) mass is 312 g/mol. The van der Waals surface area contributed by atoms with Crippen molar-refractivity contribution in [2.24, 2.45) is 0 Å². The Bertz CT molecular complexity index is 696. The van der Waals surface area contributed by atoms with Gasteiger partial charge in [0.25, 0.3) is 5.91 Å². The second kappa shape index (κ2) is 6.64. The number of benzene rings is 1. The van der Waals surface area contributed by atoms with E-state index in [0.717, 1.165) is 11.1 Å². The van der Waals surface area contributed by atoms with Gasteiger partial charge in [-0.1, -0.05) is 18.2 Å². The number of piperazine rings is 1. The van der Waals surface area contributed by atoms with Crippen molar-refractivity contribution in [3.8, 4) is 5.88 Å². The molecule has 1 aromatic carbocycles. The van der Waals surface area contributed by atoms with Crippen LogP contribution < -0.4 is 9.64 Å². The Morgan fingerprint density at radius 1 is 1.13 bits per heavy atom. The number of aryl methyl sites for hydroxylation is 1. The summed E-state index contributed by atoms with van der Waals surface area (Å²) in [5.74, 6) is 1.29. The summed E-state index contributed by atoms with van der Waals surface area (Å²) in [6, 6.07) is 9.43. The second-order valence-electron chi connectivity index (χ2n) is 5.49. The predicted octanol–water partition coefficient (Wildman–Crippen LogP) is 1.76. The molecule has 0 radical (unpaired) electrons. The van der Waals surface area contributed by atoms with E-state index in [1.165, 1.54) is 0 Å². The highest BCUT2D eigenvalue weighted by Crippen LogP contribution is 2.17. The molecule has 0 aliphatic carbocycles. The molecule has 0 saturated carbocycles. The first-order valence-electron chi connectivity index (χ1n) is 7.66. The second-order valence-corrected chi connectivity index (χ2v) is 5.49. The van der Waals surface area contributed by atoms with Gasteiger partial charge in [-0.25, -0.2) is 4.98 Å². The van der Waals surface area contributed by atoms with E-state index in [0.29, 0.717) is 38.0 Å². The van der Waals surface area contributed by atoms with Crippen LogP contribution in [0.4, 0.5) is 5.95 Å². The average molecular weight is 312 g/mol. The summed E-state index contributed by atoms with van der Waals surface area (Å²) in [7, 11) is 1.59. The molecule has 6 heteroatoms. The van der Waals surface area contributed by atoms with Crippen molar-refractivity contribution in [1.82, 2.24) is 14.9 Å². The molecule has 1 saturated heterocycles. The maximum atomic E-state index is 12.6. The normalized spacial score (nSPS) is 14.7. The third-order valence-corrected chi connectivity index (χ3v) is 4.05. The molecule has 0 bridgehead atoms. The summed E-state index contributed by atoms with van der Waals surface area (Å²) in [5.41, 5.74) is 1.79.